The van der Waals surface area contributed by atoms with E-state index < -0.39 is 0 Å². The van der Waals surface area contributed by atoms with Gasteiger partial charge in [-0.15, -0.1) is 0 Å². The van der Waals surface area contributed by atoms with Gasteiger partial charge in [-0.3, -0.25) is 9.59 Å². The first-order chi connectivity index (χ1) is 10.1. The average molecular weight is 345 g/mol. The van der Waals surface area contributed by atoms with Crippen LogP contribution in [0.5, 0.6) is 0 Å². The monoisotopic (exact) mass is 344 g/mol. The van der Waals surface area contributed by atoms with Crippen LogP contribution in [0.25, 0.3) is 0 Å². The van der Waals surface area contributed by atoms with Crippen LogP contribution in [0.3, 0.4) is 0 Å². The molecule has 0 aromatic heterocycles. The van der Waals surface area contributed by atoms with E-state index in [1.807, 2.05) is 24.3 Å². The Kier molecular flexibility index (Phi) is 3.75. The molecule has 0 aliphatic carbocycles. The van der Waals surface area contributed by atoms with Gasteiger partial charge in [0.2, 0.25) is 0 Å². The lowest BCUT2D eigenvalue weighted by atomic mass is 10.00. The summed E-state index contributed by atoms with van der Waals surface area (Å²) in [6, 6.07) is 12.7. The van der Waals surface area contributed by atoms with Gasteiger partial charge < -0.3 is 10.6 Å². The summed E-state index contributed by atoms with van der Waals surface area (Å²) in [5, 5.41) is 5.62. The maximum atomic E-state index is 12.2. The molecule has 0 radical (unpaired) electrons. The maximum absolute atomic E-state index is 12.2. The fourth-order valence-electron chi connectivity index (χ4n) is 2.33. The van der Waals surface area contributed by atoms with E-state index in [2.05, 4.69) is 26.6 Å². The quantitative estimate of drug-likeness (QED) is 0.879. The Balaban J connectivity index is 1.86. The molecule has 0 spiro atoms. The van der Waals surface area contributed by atoms with Crippen LogP contribution in [0.2, 0.25) is 0 Å². The van der Waals surface area contributed by atoms with Crippen molar-refractivity contribution in [3.8, 4) is 0 Å². The van der Waals surface area contributed by atoms with Crippen molar-refractivity contribution in [1.82, 2.24) is 5.32 Å². The summed E-state index contributed by atoms with van der Waals surface area (Å²) in [7, 11) is 0. The lowest BCUT2D eigenvalue weighted by molar-refractivity contribution is 0.0944. The Hall–Kier alpha value is -2.14. The van der Waals surface area contributed by atoms with E-state index in [0.717, 1.165) is 16.5 Å². The highest BCUT2D eigenvalue weighted by molar-refractivity contribution is 9.10. The summed E-state index contributed by atoms with van der Waals surface area (Å²) >= 11 is 3.35. The van der Waals surface area contributed by atoms with Gasteiger partial charge in [-0.1, -0.05) is 18.2 Å². The largest absolute Gasteiger partial charge is 0.352 e. The van der Waals surface area contributed by atoms with E-state index in [0.29, 0.717) is 23.4 Å². The van der Waals surface area contributed by atoms with E-state index in [4.69, 9.17) is 0 Å². The number of carbonyl (C=O) groups excluding carboxylic acids is 2. The van der Waals surface area contributed by atoms with Crippen LogP contribution in [0.1, 0.15) is 26.3 Å². The summed E-state index contributed by atoms with van der Waals surface area (Å²) in [6.45, 7) is 0.661. The van der Waals surface area contributed by atoms with Gasteiger partial charge in [0.25, 0.3) is 11.8 Å². The standard InChI is InChI=1S/C16H13BrN2O2/c17-14-4-2-1-3-12(14)16(21)19-11-6-5-10-7-8-18-15(20)13(10)9-11/h1-6,9H,7-8H2,(H,18,20)(H,19,21). The number of hydrogen-bond donors (Lipinski definition) is 2. The third kappa shape index (κ3) is 2.83. The normalized spacial score (nSPS) is 13.3. The minimum Gasteiger partial charge on any atom is -0.352 e. The summed E-state index contributed by atoms with van der Waals surface area (Å²) in [5.41, 5.74) is 2.81. The van der Waals surface area contributed by atoms with Crippen molar-refractivity contribution in [2.75, 3.05) is 11.9 Å². The Morgan fingerprint density at radius 2 is 2.00 bits per heavy atom. The van der Waals surface area contributed by atoms with E-state index in [1.165, 1.54) is 0 Å². The van der Waals surface area contributed by atoms with Crippen molar-refractivity contribution in [2.45, 2.75) is 6.42 Å². The number of rotatable bonds is 2. The van der Waals surface area contributed by atoms with Crippen molar-refractivity contribution in [1.29, 1.82) is 0 Å². The Labute approximate surface area is 130 Å². The number of hydrogen-bond acceptors (Lipinski definition) is 2. The minimum absolute atomic E-state index is 0.0896. The number of anilines is 1. The molecule has 21 heavy (non-hydrogen) atoms. The van der Waals surface area contributed by atoms with Gasteiger partial charge in [0.15, 0.2) is 0 Å². The third-order valence-electron chi connectivity index (χ3n) is 3.41. The molecule has 1 aliphatic heterocycles. The highest BCUT2D eigenvalue weighted by atomic mass is 79.9. The molecule has 3 rings (SSSR count). The molecule has 5 heteroatoms. The second-order valence-electron chi connectivity index (χ2n) is 4.81. The first kappa shape index (κ1) is 13.8. The zero-order valence-corrected chi connectivity index (χ0v) is 12.7. The predicted molar refractivity (Wildman–Crippen MR) is 84.6 cm³/mol. The van der Waals surface area contributed by atoms with E-state index in [9.17, 15) is 9.59 Å². The number of halogens is 1. The average Bonchev–Trinajstić information content (AvgIpc) is 2.48. The van der Waals surface area contributed by atoms with Gasteiger partial charge in [0.05, 0.1) is 5.56 Å². The smallest absolute Gasteiger partial charge is 0.256 e. The lowest BCUT2D eigenvalue weighted by Crippen LogP contribution is -2.31. The molecule has 1 heterocycles. The van der Waals surface area contributed by atoms with E-state index in [-0.39, 0.29) is 11.8 Å². The first-order valence-corrected chi connectivity index (χ1v) is 7.41. The molecule has 2 N–H and O–H groups in total. The number of carbonyl (C=O) groups is 2. The van der Waals surface area contributed by atoms with Gasteiger partial charge in [-0.25, -0.2) is 0 Å². The second-order valence-corrected chi connectivity index (χ2v) is 5.67. The molecule has 0 fully saturated rings. The van der Waals surface area contributed by atoms with Crippen molar-refractivity contribution >= 4 is 33.4 Å². The van der Waals surface area contributed by atoms with Crippen molar-refractivity contribution in [3.63, 3.8) is 0 Å². The van der Waals surface area contributed by atoms with Crippen molar-refractivity contribution in [2.24, 2.45) is 0 Å². The number of benzene rings is 2. The van der Waals surface area contributed by atoms with E-state index in [1.54, 1.807) is 18.2 Å². The van der Waals surface area contributed by atoms with Crippen molar-refractivity contribution in [3.05, 3.63) is 63.6 Å². The minimum atomic E-state index is -0.210. The van der Waals surface area contributed by atoms with E-state index >= 15 is 0 Å². The summed E-state index contributed by atoms with van der Waals surface area (Å²) in [4.78, 5) is 24.1. The third-order valence-corrected chi connectivity index (χ3v) is 4.10. The highest BCUT2D eigenvalue weighted by Crippen LogP contribution is 2.21. The fraction of sp³-hybridized carbons (Fsp3) is 0.125. The molecule has 4 nitrogen and oxygen atoms in total. The molecule has 0 saturated heterocycles. The zero-order chi connectivity index (χ0) is 14.8. The SMILES string of the molecule is O=C(Nc1ccc2c(c1)C(=O)NCC2)c1ccccc1Br. The molecule has 1 aliphatic rings. The Bertz CT molecular complexity index is 728. The highest BCUT2D eigenvalue weighted by Gasteiger charge is 2.17. The number of fused-ring (bicyclic) bond motifs is 1. The van der Waals surface area contributed by atoms with Crippen LogP contribution in [-0.2, 0) is 6.42 Å². The molecular weight excluding hydrogens is 332 g/mol. The van der Waals surface area contributed by atoms with Gasteiger partial charge >= 0.3 is 0 Å². The van der Waals surface area contributed by atoms with Crippen molar-refractivity contribution < 1.29 is 9.59 Å². The molecular formula is C16H13BrN2O2. The molecule has 0 unspecified atom stereocenters. The molecule has 106 valence electrons. The van der Waals surface area contributed by atoms with Gasteiger partial charge in [0.1, 0.15) is 0 Å². The van der Waals surface area contributed by atoms with Crippen LogP contribution >= 0.6 is 15.9 Å². The number of amides is 2. The van der Waals surface area contributed by atoms with Crippen LogP contribution < -0.4 is 10.6 Å². The summed E-state index contributed by atoms with van der Waals surface area (Å²) in [6.07, 6.45) is 0.819. The Morgan fingerprint density at radius 1 is 1.19 bits per heavy atom. The first-order valence-electron chi connectivity index (χ1n) is 6.62. The fourth-order valence-corrected chi connectivity index (χ4v) is 2.80. The Morgan fingerprint density at radius 3 is 2.81 bits per heavy atom. The molecule has 0 atom stereocenters. The topological polar surface area (TPSA) is 58.2 Å². The molecule has 2 aromatic rings. The molecule has 0 bridgehead atoms. The van der Waals surface area contributed by atoms with Crippen LogP contribution in [-0.4, -0.2) is 18.4 Å². The zero-order valence-electron chi connectivity index (χ0n) is 11.2. The maximum Gasteiger partial charge on any atom is 0.256 e. The lowest BCUT2D eigenvalue weighted by Gasteiger charge is -2.17. The predicted octanol–water partition coefficient (Wildman–Crippen LogP) is 2.99. The second kappa shape index (κ2) is 5.69. The summed E-state index contributed by atoms with van der Waals surface area (Å²) in [5.74, 6) is -0.299. The van der Waals surface area contributed by atoms with Crippen LogP contribution in [0.4, 0.5) is 5.69 Å². The van der Waals surface area contributed by atoms with Crippen LogP contribution in [0, 0.1) is 0 Å². The van der Waals surface area contributed by atoms with Crippen LogP contribution in [0.15, 0.2) is 46.9 Å². The van der Waals surface area contributed by atoms with Gasteiger partial charge in [-0.05, 0) is 52.2 Å². The summed E-state index contributed by atoms with van der Waals surface area (Å²) < 4.78 is 0.734. The van der Waals surface area contributed by atoms with Gasteiger partial charge in [-0.2, -0.15) is 0 Å². The molecule has 2 aromatic carbocycles. The van der Waals surface area contributed by atoms with Gasteiger partial charge in [0, 0.05) is 22.3 Å². The molecule has 0 saturated carbocycles. The molecule has 2 amide bonds. The number of nitrogens with one attached hydrogen (secondary N) is 2.